The number of hydrogen-bond donors (Lipinski definition) is 0. The molecule has 102 valence electrons. The molecule has 2 atom stereocenters. The molecule has 0 saturated carbocycles. The summed E-state index contributed by atoms with van der Waals surface area (Å²) in [5.74, 6) is 0.874. The van der Waals surface area contributed by atoms with E-state index in [1.54, 1.807) is 12.0 Å². The van der Waals surface area contributed by atoms with E-state index in [2.05, 4.69) is 0 Å². The second-order valence-electron chi connectivity index (χ2n) is 4.63. The summed E-state index contributed by atoms with van der Waals surface area (Å²) < 4.78 is 33.9. The van der Waals surface area contributed by atoms with Crippen molar-refractivity contribution in [2.24, 2.45) is 0 Å². The average molecular weight is 299 g/mol. The van der Waals surface area contributed by atoms with Gasteiger partial charge in [-0.2, -0.15) is 0 Å². The first-order chi connectivity index (χ1) is 9.00. The number of hydrogen-bond acceptors (Lipinski definition) is 5. The molecule has 0 bridgehead atoms. The third kappa shape index (κ3) is 2.17. The Hall–Kier alpha value is -1.34. The van der Waals surface area contributed by atoms with Crippen molar-refractivity contribution >= 4 is 32.9 Å². The number of rotatable bonds is 2. The van der Waals surface area contributed by atoms with Gasteiger partial charge in [-0.05, 0) is 36.5 Å². The predicted molar refractivity (Wildman–Crippen MR) is 75.4 cm³/mol. The number of benzene rings is 1. The Morgan fingerprint density at radius 1 is 1.32 bits per heavy atom. The van der Waals surface area contributed by atoms with Gasteiger partial charge in [0.05, 0.1) is 24.7 Å². The molecule has 2 fully saturated rings. The highest BCUT2D eigenvalue weighted by Crippen LogP contribution is 2.33. The molecule has 2 heterocycles. The topological polar surface area (TPSA) is 55.8 Å². The number of nitrogens with zero attached hydrogens (tertiary/aromatic N) is 1. The van der Waals surface area contributed by atoms with Crippen LogP contribution in [0.15, 0.2) is 24.3 Å². The van der Waals surface area contributed by atoms with Crippen molar-refractivity contribution in [3.63, 3.8) is 0 Å². The van der Waals surface area contributed by atoms with Gasteiger partial charge in [0.15, 0.2) is 9.84 Å². The van der Waals surface area contributed by atoms with E-state index in [0.717, 1.165) is 11.4 Å². The third-order valence-corrected chi connectivity index (χ3v) is 5.38. The van der Waals surface area contributed by atoms with E-state index in [9.17, 15) is 8.42 Å². The predicted octanol–water partition coefficient (Wildman–Crippen LogP) is 0.982. The van der Waals surface area contributed by atoms with Gasteiger partial charge in [-0.25, -0.2) is 8.42 Å². The van der Waals surface area contributed by atoms with Gasteiger partial charge in [0.25, 0.3) is 5.17 Å². The fraction of sp³-hybridized carbons (Fsp3) is 0.417. The van der Waals surface area contributed by atoms with Crippen LogP contribution in [0.2, 0.25) is 0 Å². The first-order valence-electron chi connectivity index (χ1n) is 5.84. The first-order valence-corrected chi connectivity index (χ1v) is 8.07. The summed E-state index contributed by atoms with van der Waals surface area (Å²) in [6.45, 7) is 0. The number of anilines is 1. The zero-order chi connectivity index (χ0) is 13.6. The van der Waals surface area contributed by atoms with Gasteiger partial charge in [-0.15, -0.1) is 0 Å². The van der Waals surface area contributed by atoms with Crippen molar-refractivity contribution in [1.29, 1.82) is 0 Å². The average Bonchev–Trinajstić information content (AvgIpc) is 2.79. The van der Waals surface area contributed by atoms with Crippen LogP contribution in [-0.4, -0.2) is 44.4 Å². The molecular formula is C12H13NO4S2. The van der Waals surface area contributed by atoms with Crippen LogP contribution in [0, 0.1) is 0 Å². The van der Waals surface area contributed by atoms with Gasteiger partial charge in [0.2, 0.25) is 0 Å². The molecule has 0 radical (unpaired) electrons. The molecule has 1 aromatic rings. The molecule has 0 N–H and O–H groups in total. The maximum Gasteiger partial charge on any atom is 0.264 e. The standard InChI is InChI=1S/C12H13NO4S2/c1-16-9-4-2-8(3-5-9)13-10-6-19(14,15)7-11(10)17-12(13)18/h2-5,10-11H,6-7H2,1H3/t10-,11+/m1/s1. The fourth-order valence-corrected chi connectivity index (χ4v) is 4.69. The number of methoxy groups -OCH3 is 1. The Morgan fingerprint density at radius 3 is 2.63 bits per heavy atom. The summed E-state index contributed by atoms with van der Waals surface area (Å²) in [6.07, 6.45) is -0.348. The van der Waals surface area contributed by atoms with Gasteiger partial charge < -0.3 is 9.47 Å². The van der Waals surface area contributed by atoms with E-state index < -0.39 is 9.84 Å². The van der Waals surface area contributed by atoms with Crippen LogP contribution in [0.25, 0.3) is 0 Å². The molecule has 0 spiro atoms. The molecule has 5 nitrogen and oxygen atoms in total. The third-order valence-electron chi connectivity index (χ3n) is 3.40. The highest BCUT2D eigenvalue weighted by molar-refractivity contribution is 7.91. The summed E-state index contributed by atoms with van der Waals surface area (Å²) >= 11 is 5.19. The molecule has 2 aliphatic heterocycles. The first kappa shape index (κ1) is 12.7. The van der Waals surface area contributed by atoms with Gasteiger partial charge in [-0.1, -0.05) is 0 Å². The largest absolute Gasteiger partial charge is 0.497 e. The van der Waals surface area contributed by atoms with Crippen LogP contribution >= 0.6 is 12.2 Å². The zero-order valence-electron chi connectivity index (χ0n) is 10.3. The molecule has 3 rings (SSSR count). The van der Waals surface area contributed by atoms with Gasteiger partial charge in [0, 0.05) is 5.69 Å². The van der Waals surface area contributed by atoms with Crippen molar-refractivity contribution in [1.82, 2.24) is 0 Å². The van der Waals surface area contributed by atoms with Crippen LogP contribution in [0.5, 0.6) is 5.75 Å². The lowest BCUT2D eigenvalue weighted by atomic mass is 10.2. The Labute approximate surface area is 117 Å². The van der Waals surface area contributed by atoms with Crippen molar-refractivity contribution in [2.75, 3.05) is 23.5 Å². The molecule has 0 unspecified atom stereocenters. The van der Waals surface area contributed by atoms with E-state index in [1.807, 2.05) is 24.3 Å². The lowest BCUT2D eigenvalue weighted by Crippen LogP contribution is -2.36. The Kier molecular flexibility index (Phi) is 2.90. The highest BCUT2D eigenvalue weighted by Gasteiger charge is 2.49. The van der Waals surface area contributed by atoms with Gasteiger partial charge >= 0.3 is 0 Å². The maximum atomic E-state index is 11.7. The number of ether oxygens (including phenoxy) is 2. The second kappa shape index (κ2) is 4.35. The zero-order valence-corrected chi connectivity index (χ0v) is 11.9. The molecular weight excluding hydrogens is 286 g/mol. The highest BCUT2D eigenvalue weighted by atomic mass is 32.2. The van der Waals surface area contributed by atoms with Crippen LogP contribution in [-0.2, 0) is 14.6 Å². The van der Waals surface area contributed by atoms with E-state index in [-0.39, 0.29) is 23.7 Å². The molecule has 2 saturated heterocycles. The minimum absolute atomic E-state index is 0.0461. The SMILES string of the molecule is COc1ccc(N2C(=S)O[C@H]3CS(=O)(=O)C[C@H]32)cc1. The molecule has 7 heteroatoms. The van der Waals surface area contributed by atoms with Crippen molar-refractivity contribution in [3.8, 4) is 5.75 Å². The number of fused-ring (bicyclic) bond motifs is 1. The summed E-state index contributed by atoms with van der Waals surface area (Å²) in [4.78, 5) is 1.78. The van der Waals surface area contributed by atoms with Crippen LogP contribution < -0.4 is 9.64 Å². The second-order valence-corrected chi connectivity index (χ2v) is 7.14. The summed E-state index contributed by atoms with van der Waals surface area (Å²) in [5.41, 5.74) is 0.829. The summed E-state index contributed by atoms with van der Waals surface area (Å²) in [5, 5.41) is 0.343. The minimum atomic E-state index is -3.03. The quantitative estimate of drug-likeness (QED) is 0.759. The molecule has 0 aromatic heterocycles. The van der Waals surface area contributed by atoms with E-state index in [0.29, 0.717) is 5.17 Å². The Balaban J connectivity index is 1.92. The number of thiocarbonyl (C=S) groups is 1. The molecule has 0 amide bonds. The summed E-state index contributed by atoms with van der Waals surface area (Å²) in [6, 6.07) is 7.11. The van der Waals surface area contributed by atoms with Crippen LogP contribution in [0.3, 0.4) is 0 Å². The van der Waals surface area contributed by atoms with E-state index in [1.165, 1.54) is 0 Å². The van der Waals surface area contributed by atoms with Crippen molar-refractivity contribution in [2.45, 2.75) is 12.1 Å². The van der Waals surface area contributed by atoms with Crippen LogP contribution in [0.4, 0.5) is 5.69 Å². The van der Waals surface area contributed by atoms with Gasteiger partial charge in [-0.3, -0.25) is 4.90 Å². The van der Waals surface area contributed by atoms with Crippen molar-refractivity contribution in [3.05, 3.63) is 24.3 Å². The molecule has 19 heavy (non-hydrogen) atoms. The molecule has 2 aliphatic rings. The Morgan fingerprint density at radius 2 is 2.00 bits per heavy atom. The minimum Gasteiger partial charge on any atom is -0.497 e. The number of sulfone groups is 1. The van der Waals surface area contributed by atoms with Crippen LogP contribution in [0.1, 0.15) is 0 Å². The van der Waals surface area contributed by atoms with E-state index in [4.69, 9.17) is 21.7 Å². The lowest BCUT2D eigenvalue weighted by Gasteiger charge is -2.21. The maximum absolute atomic E-state index is 11.7. The smallest absolute Gasteiger partial charge is 0.264 e. The lowest BCUT2D eigenvalue weighted by molar-refractivity contribution is 0.244. The Bertz CT molecular complexity index is 611. The normalized spacial score (nSPS) is 28.1. The van der Waals surface area contributed by atoms with Crippen molar-refractivity contribution < 1.29 is 17.9 Å². The molecule has 0 aliphatic carbocycles. The fourth-order valence-electron chi connectivity index (χ4n) is 2.51. The summed E-state index contributed by atoms with van der Waals surface area (Å²) in [7, 11) is -1.44. The van der Waals surface area contributed by atoms with E-state index >= 15 is 0 Å². The van der Waals surface area contributed by atoms with Gasteiger partial charge in [0.1, 0.15) is 11.9 Å². The molecule has 1 aromatic carbocycles. The monoisotopic (exact) mass is 299 g/mol.